The van der Waals surface area contributed by atoms with Crippen molar-refractivity contribution in [3.63, 3.8) is 0 Å². The molecule has 5 aliphatic rings. The van der Waals surface area contributed by atoms with E-state index in [1.807, 2.05) is 65.8 Å². The molecule has 2 aromatic carbocycles. The van der Waals surface area contributed by atoms with Gasteiger partial charge in [-0.3, -0.25) is 19.2 Å². The number of anilines is 2. The Morgan fingerprint density at radius 2 is 1.00 bits per heavy atom. The summed E-state index contributed by atoms with van der Waals surface area (Å²) in [4.78, 5) is 72.5. The molecule has 0 spiro atoms. The molecule has 4 amide bonds. The molecule has 8 nitrogen and oxygen atoms in total. The predicted molar refractivity (Wildman–Crippen MR) is 152 cm³/mol. The van der Waals surface area contributed by atoms with Gasteiger partial charge in [-0.2, -0.15) is 0 Å². The number of benzene rings is 2. The normalized spacial score (nSPS) is 28.3. The van der Waals surface area contributed by atoms with Crippen molar-refractivity contribution in [3.05, 3.63) is 69.3 Å². The first-order valence-electron chi connectivity index (χ1n) is 14.2. The Hall–Kier alpha value is -4.07. The molecule has 2 aliphatic heterocycles. The summed E-state index contributed by atoms with van der Waals surface area (Å²) in [5.74, 6) is -7.52. The van der Waals surface area contributed by atoms with E-state index in [1.54, 1.807) is 13.0 Å². The zero-order chi connectivity index (χ0) is 29.7. The van der Waals surface area contributed by atoms with Gasteiger partial charge in [0.2, 0.25) is 23.6 Å². The van der Waals surface area contributed by atoms with Crippen LogP contribution in [0.1, 0.15) is 40.3 Å². The highest BCUT2D eigenvalue weighted by Crippen LogP contribution is 2.61. The van der Waals surface area contributed by atoms with Crippen LogP contribution in [-0.2, 0) is 28.7 Å². The number of ether oxygens (including phenoxy) is 1. The van der Waals surface area contributed by atoms with Crippen molar-refractivity contribution in [2.24, 2.45) is 35.5 Å². The quantitative estimate of drug-likeness (QED) is 0.415. The first-order chi connectivity index (χ1) is 19.4. The molecule has 7 rings (SSSR count). The highest BCUT2D eigenvalue weighted by atomic mass is 16.5. The summed E-state index contributed by atoms with van der Waals surface area (Å²) in [6.45, 7) is 13.2. The molecule has 2 bridgehead atoms. The van der Waals surface area contributed by atoms with Crippen LogP contribution in [0.15, 0.2) is 35.9 Å². The van der Waals surface area contributed by atoms with Crippen molar-refractivity contribution in [1.29, 1.82) is 0 Å². The van der Waals surface area contributed by atoms with Crippen molar-refractivity contribution in [3.8, 4) is 0 Å². The number of imide groups is 2. The van der Waals surface area contributed by atoms with Gasteiger partial charge < -0.3 is 4.74 Å². The second kappa shape index (κ2) is 9.23. The topological polar surface area (TPSA) is 101 Å². The van der Waals surface area contributed by atoms with Crippen LogP contribution in [0.2, 0.25) is 0 Å². The highest BCUT2D eigenvalue weighted by Gasteiger charge is 2.71. The number of esters is 1. The third-order valence-corrected chi connectivity index (χ3v) is 9.36. The van der Waals surface area contributed by atoms with Gasteiger partial charge in [0.1, 0.15) is 0 Å². The number of hydrogen-bond donors (Lipinski definition) is 0. The molecule has 0 N–H and O–H groups in total. The number of amides is 4. The molecule has 0 radical (unpaired) electrons. The standard InChI is InChI=1S/C33H34N2O6/c1-8-41-33(40)21-13-20-23-25(31(38)34(29(23)36)27-16(4)9-14(2)10-17(27)5)22(21)26-24(20)30(37)35(32(26)39)28-18(6)11-15(3)12-19(28)7/h9-13,20,22-26H,8H2,1-7H3/t20?,22?,23-,24-,25-,26+/m0/s1. The Morgan fingerprint density at radius 3 is 1.37 bits per heavy atom. The summed E-state index contributed by atoms with van der Waals surface area (Å²) < 4.78 is 5.35. The van der Waals surface area contributed by atoms with E-state index in [0.717, 1.165) is 33.4 Å². The van der Waals surface area contributed by atoms with E-state index in [-0.39, 0.29) is 24.0 Å². The number of carbonyl (C=O) groups is 5. The van der Waals surface area contributed by atoms with Crippen molar-refractivity contribution < 1.29 is 28.7 Å². The summed E-state index contributed by atoms with van der Waals surface area (Å²) in [5.41, 5.74) is 6.48. The lowest BCUT2D eigenvalue weighted by Crippen LogP contribution is -2.53. The van der Waals surface area contributed by atoms with E-state index in [0.29, 0.717) is 11.4 Å². The van der Waals surface area contributed by atoms with Gasteiger partial charge in [0.15, 0.2) is 0 Å². The number of hydrogen-bond acceptors (Lipinski definition) is 6. The minimum absolute atomic E-state index is 0.122. The minimum Gasteiger partial charge on any atom is -0.463 e. The van der Waals surface area contributed by atoms with Gasteiger partial charge in [0, 0.05) is 17.4 Å². The van der Waals surface area contributed by atoms with Crippen LogP contribution in [0.5, 0.6) is 0 Å². The van der Waals surface area contributed by atoms with E-state index in [4.69, 9.17) is 4.74 Å². The summed E-state index contributed by atoms with van der Waals surface area (Å²) in [7, 11) is 0. The molecular formula is C33H34N2O6. The third-order valence-electron chi connectivity index (χ3n) is 9.36. The SMILES string of the molecule is CCOC(=O)C1=CC2[C@@H]3C(=O)N(c4c(C)cc(C)cc4C)C(=O)[C@@H]3C1[C@@H]1C(=O)N(c3c(C)cc(C)cc3C)C(=O)[C@@H]21. The predicted octanol–water partition coefficient (Wildman–Crippen LogP) is 4.20. The molecule has 8 heteroatoms. The largest absolute Gasteiger partial charge is 0.463 e. The van der Waals surface area contributed by atoms with Gasteiger partial charge in [0.25, 0.3) is 0 Å². The molecule has 2 aromatic rings. The molecule has 1 saturated carbocycles. The molecule has 41 heavy (non-hydrogen) atoms. The van der Waals surface area contributed by atoms with Crippen LogP contribution >= 0.6 is 0 Å². The maximum Gasteiger partial charge on any atom is 0.334 e. The first kappa shape index (κ1) is 27.1. The van der Waals surface area contributed by atoms with E-state index in [1.165, 1.54) is 9.80 Å². The van der Waals surface area contributed by atoms with Gasteiger partial charge in [-0.1, -0.05) is 41.5 Å². The fourth-order valence-electron chi connectivity index (χ4n) is 8.26. The Labute approximate surface area is 239 Å². The molecular weight excluding hydrogens is 520 g/mol. The van der Waals surface area contributed by atoms with Crippen LogP contribution in [0.4, 0.5) is 11.4 Å². The first-order valence-corrected chi connectivity index (χ1v) is 14.2. The zero-order valence-corrected chi connectivity index (χ0v) is 24.4. The summed E-state index contributed by atoms with van der Waals surface area (Å²) in [5, 5.41) is 0. The Bertz CT molecular complexity index is 1470. The van der Waals surface area contributed by atoms with Gasteiger partial charge in [-0.25, -0.2) is 14.6 Å². The average Bonchev–Trinajstić information content (AvgIpc) is 3.30. The summed E-state index contributed by atoms with van der Waals surface area (Å²) >= 11 is 0. The number of nitrogens with zero attached hydrogens (tertiary/aromatic N) is 2. The lowest BCUT2D eigenvalue weighted by Gasteiger charge is -2.46. The van der Waals surface area contributed by atoms with E-state index in [9.17, 15) is 24.0 Å². The maximum absolute atomic E-state index is 14.2. The number of aryl methyl sites for hydroxylation is 6. The lowest BCUT2D eigenvalue weighted by atomic mass is 9.52. The van der Waals surface area contributed by atoms with Crippen molar-refractivity contribution in [1.82, 2.24) is 0 Å². The van der Waals surface area contributed by atoms with E-state index in [2.05, 4.69) is 0 Å². The molecule has 3 aliphatic carbocycles. The van der Waals surface area contributed by atoms with Gasteiger partial charge in [-0.05, 0) is 70.7 Å². The van der Waals surface area contributed by atoms with Crippen LogP contribution < -0.4 is 9.80 Å². The fraction of sp³-hybridized carbons (Fsp3) is 0.424. The molecule has 2 saturated heterocycles. The number of rotatable bonds is 4. The van der Waals surface area contributed by atoms with Crippen molar-refractivity contribution in [2.45, 2.75) is 48.5 Å². The van der Waals surface area contributed by atoms with Crippen molar-refractivity contribution in [2.75, 3.05) is 16.4 Å². The van der Waals surface area contributed by atoms with Crippen LogP contribution in [0.3, 0.4) is 0 Å². The van der Waals surface area contributed by atoms with E-state index < -0.39 is 53.3 Å². The van der Waals surface area contributed by atoms with E-state index >= 15 is 0 Å². The minimum atomic E-state index is -0.936. The zero-order valence-electron chi connectivity index (χ0n) is 24.4. The smallest absolute Gasteiger partial charge is 0.334 e. The van der Waals surface area contributed by atoms with Gasteiger partial charge >= 0.3 is 5.97 Å². The summed E-state index contributed by atoms with van der Waals surface area (Å²) in [6.07, 6.45) is 1.65. The van der Waals surface area contributed by atoms with Gasteiger partial charge in [-0.15, -0.1) is 0 Å². The fourth-order valence-corrected chi connectivity index (χ4v) is 8.26. The molecule has 0 aromatic heterocycles. The summed E-state index contributed by atoms with van der Waals surface area (Å²) in [6, 6.07) is 7.70. The highest BCUT2D eigenvalue weighted by molar-refractivity contribution is 6.27. The Balaban J connectivity index is 1.50. The molecule has 2 unspecified atom stereocenters. The third kappa shape index (κ3) is 3.62. The lowest BCUT2D eigenvalue weighted by molar-refractivity contribution is -0.146. The molecule has 2 heterocycles. The van der Waals surface area contributed by atoms with Crippen molar-refractivity contribution >= 4 is 41.0 Å². The second-order valence-corrected chi connectivity index (χ2v) is 12.1. The number of allylic oxidation sites excluding steroid dienone is 1. The second-order valence-electron chi connectivity index (χ2n) is 12.1. The Morgan fingerprint density at radius 1 is 0.634 bits per heavy atom. The molecule has 212 valence electrons. The van der Waals surface area contributed by atoms with Crippen LogP contribution in [0, 0.1) is 77.0 Å². The van der Waals surface area contributed by atoms with Gasteiger partial charge in [0.05, 0.1) is 41.7 Å². The monoisotopic (exact) mass is 554 g/mol. The molecule has 3 fully saturated rings. The van der Waals surface area contributed by atoms with Crippen LogP contribution in [-0.4, -0.2) is 36.2 Å². The molecule has 6 atom stereocenters. The number of carbonyl (C=O) groups excluding carboxylic acids is 5. The van der Waals surface area contributed by atoms with Crippen LogP contribution in [0.25, 0.3) is 0 Å². The Kier molecular flexibility index (Phi) is 6.10. The average molecular weight is 555 g/mol. The maximum atomic E-state index is 14.2.